The molecule has 1 fully saturated rings. The molecule has 0 unspecified atom stereocenters. The molecule has 1 heterocycles. The zero-order valence-electron chi connectivity index (χ0n) is 14.2. The van der Waals surface area contributed by atoms with Gasteiger partial charge in [0.2, 0.25) is 5.91 Å². The molecule has 1 aromatic carbocycles. The lowest BCUT2D eigenvalue weighted by Crippen LogP contribution is -2.32. The summed E-state index contributed by atoms with van der Waals surface area (Å²) in [5.41, 5.74) is 2.74. The Hall–Kier alpha value is -1.35. The Morgan fingerprint density at radius 3 is 2.41 bits per heavy atom. The van der Waals surface area contributed by atoms with Crippen molar-refractivity contribution in [1.82, 2.24) is 5.32 Å². The lowest BCUT2D eigenvalue weighted by Gasteiger charge is -2.22. The van der Waals surface area contributed by atoms with E-state index in [-0.39, 0.29) is 11.3 Å². The standard InChI is InChI=1S/C19H29NO2/c1-19(2,3)17-7-4-15(5-8-17)6-9-18(21)20-14-16-10-12-22-13-11-16/h4-5,7-8,16H,6,9-14H2,1-3H3,(H,20,21). The van der Waals surface area contributed by atoms with Gasteiger partial charge in [0.1, 0.15) is 0 Å². The summed E-state index contributed by atoms with van der Waals surface area (Å²) in [7, 11) is 0. The van der Waals surface area contributed by atoms with Crippen molar-refractivity contribution in [2.24, 2.45) is 5.92 Å². The van der Waals surface area contributed by atoms with E-state index in [1.165, 1.54) is 11.1 Å². The van der Waals surface area contributed by atoms with Gasteiger partial charge in [-0.25, -0.2) is 0 Å². The molecule has 1 amide bonds. The van der Waals surface area contributed by atoms with Crippen molar-refractivity contribution >= 4 is 5.91 Å². The molecule has 1 aliphatic heterocycles. The molecule has 2 rings (SSSR count). The highest BCUT2D eigenvalue weighted by Crippen LogP contribution is 2.22. The summed E-state index contributed by atoms with van der Waals surface area (Å²) in [4.78, 5) is 11.9. The third-order valence-electron chi connectivity index (χ3n) is 4.39. The number of carbonyl (C=O) groups excluding carboxylic acids is 1. The van der Waals surface area contributed by atoms with Gasteiger partial charge in [0.05, 0.1) is 0 Å². The maximum absolute atomic E-state index is 11.9. The van der Waals surface area contributed by atoms with Crippen molar-refractivity contribution in [2.45, 2.75) is 51.9 Å². The summed E-state index contributed by atoms with van der Waals surface area (Å²) in [5, 5.41) is 3.06. The summed E-state index contributed by atoms with van der Waals surface area (Å²) < 4.78 is 5.33. The molecule has 22 heavy (non-hydrogen) atoms. The highest BCUT2D eigenvalue weighted by molar-refractivity contribution is 5.76. The first-order valence-corrected chi connectivity index (χ1v) is 8.39. The molecule has 122 valence electrons. The van der Waals surface area contributed by atoms with Gasteiger partial charge in [-0.05, 0) is 41.7 Å². The summed E-state index contributed by atoms with van der Waals surface area (Å²) in [6.45, 7) is 9.11. The molecule has 3 nitrogen and oxygen atoms in total. The first kappa shape index (κ1) is 17.0. The molecular weight excluding hydrogens is 274 g/mol. The van der Waals surface area contributed by atoms with E-state index in [2.05, 4.69) is 50.4 Å². The van der Waals surface area contributed by atoms with Crippen LogP contribution in [0.1, 0.15) is 51.2 Å². The Morgan fingerprint density at radius 1 is 1.18 bits per heavy atom. The lowest BCUT2D eigenvalue weighted by molar-refractivity contribution is -0.121. The van der Waals surface area contributed by atoms with Gasteiger partial charge >= 0.3 is 0 Å². The van der Waals surface area contributed by atoms with Crippen molar-refractivity contribution in [3.8, 4) is 0 Å². The molecule has 1 aliphatic rings. The monoisotopic (exact) mass is 303 g/mol. The fourth-order valence-electron chi connectivity index (χ4n) is 2.73. The molecule has 0 aromatic heterocycles. The normalized spacial score (nSPS) is 16.5. The molecule has 1 aromatic rings. The second-order valence-electron chi connectivity index (χ2n) is 7.31. The van der Waals surface area contributed by atoms with Crippen molar-refractivity contribution in [3.63, 3.8) is 0 Å². The zero-order valence-corrected chi connectivity index (χ0v) is 14.2. The predicted molar refractivity (Wildman–Crippen MR) is 90.0 cm³/mol. The minimum absolute atomic E-state index is 0.159. The van der Waals surface area contributed by atoms with Crippen LogP contribution in [0, 0.1) is 5.92 Å². The van der Waals surface area contributed by atoms with Crippen molar-refractivity contribution in [1.29, 1.82) is 0 Å². The van der Waals surface area contributed by atoms with Gasteiger partial charge in [0.25, 0.3) is 0 Å². The van der Waals surface area contributed by atoms with E-state index in [0.29, 0.717) is 12.3 Å². The van der Waals surface area contributed by atoms with E-state index in [1.807, 2.05) is 0 Å². The first-order chi connectivity index (χ1) is 10.4. The fourth-order valence-corrected chi connectivity index (χ4v) is 2.73. The van der Waals surface area contributed by atoms with Crippen LogP contribution in [-0.2, 0) is 21.4 Å². The minimum Gasteiger partial charge on any atom is -0.381 e. The minimum atomic E-state index is 0.159. The number of hydrogen-bond acceptors (Lipinski definition) is 2. The third kappa shape index (κ3) is 5.45. The maximum Gasteiger partial charge on any atom is 0.220 e. The fraction of sp³-hybridized carbons (Fsp3) is 0.632. The molecule has 1 N–H and O–H groups in total. The molecule has 3 heteroatoms. The number of rotatable bonds is 5. The molecule has 0 atom stereocenters. The molecule has 0 spiro atoms. The Balaban J connectivity index is 1.71. The van der Waals surface area contributed by atoms with E-state index >= 15 is 0 Å². The Labute approximate surface area is 134 Å². The van der Waals surface area contributed by atoms with Crippen LogP contribution in [0.4, 0.5) is 0 Å². The highest BCUT2D eigenvalue weighted by atomic mass is 16.5. The zero-order chi connectivity index (χ0) is 16.0. The molecule has 0 radical (unpaired) electrons. The number of carbonyl (C=O) groups is 1. The molecule has 0 saturated carbocycles. The summed E-state index contributed by atoms with van der Waals surface area (Å²) in [6.07, 6.45) is 3.51. The summed E-state index contributed by atoms with van der Waals surface area (Å²) in [5.74, 6) is 0.746. The van der Waals surface area contributed by atoms with E-state index in [0.717, 1.165) is 39.0 Å². The number of nitrogens with one attached hydrogen (secondary N) is 1. The smallest absolute Gasteiger partial charge is 0.220 e. The Morgan fingerprint density at radius 2 is 1.82 bits per heavy atom. The van der Waals surface area contributed by atoms with Crippen LogP contribution in [0.5, 0.6) is 0 Å². The van der Waals surface area contributed by atoms with E-state index in [9.17, 15) is 4.79 Å². The van der Waals surface area contributed by atoms with Crippen LogP contribution in [0.25, 0.3) is 0 Å². The number of aryl methyl sites for hydroxylation is 1. The largest absolute Gasteiger partial charge is 0.381 e. The van der Waals surface area contributed by atoms with Crippen LogP contribution < -0.4 is 5.32 Å². The maximum atomic E-state index is 11.9. The van der Waals surface area contributed by atoms with Crippen LogP contribution in [0.3, 0.4) is 0 Å². The van der Waals surface area contributed by atoms with Gasteiger partial charge in [-0.3, -0.25) is 4.79 Å². The van der Waals surface area contributed by atoms with Crippen molar-refractivity contribution in [2.75, 3.05) is 19.8 Å². The van der Waals surface area contributed by atoms with Crippen LogP contribution in [-0.4, -0.2) is 25.7 Å². The van der Waals surface area contributed by atoms with Gasteiger partial charge < -0.3 is 10.1 Å². The molecular formula is C19H29NO2. The number of ether oxygens (including phenoxy) is 1. The van der Waals surface area contributed by atoms with Gasteiger partial charge in [-0.2, -0.15) is 0 Å². The topological polar surface area (TPSA) is 38.3 Å². The van der Waals surface area contributed by atoms with Crippen LogP contribution >= 0.6 is 0 Å². The lowest BCUT2D eigenvalue weighted by atomic mass is 9.86. The van der Waals surface area contributed by atoms with E-state index in [1.54, 1.807) is 0 Å². The molecule has 0 bridgehead atoms. The van der Waals surface area contributed by atoms with Gasteiger partial charge in [-0.15, -0.1) is 0 Å². The molecule has 1 saturated heterocycles. The highest BCUT2D eigenvalue weighted by Gasteiger charge is 2.15. The Bertz CT molecular complexity index is 467. The van der Waals surface area contributed by atoms with Crippen LogP contribution in [0.2, 0.25) is 0 Å². The van der Waals surface area contributed by atoms with E-state index < -0.39 is 0 Å². The van der Waals surface area contributed by atoms with E-state index in [4.69, 9.17) is 4.74 Å². The average molecular weight is 303 g/mol. The summed E-state index contributed by atoms with van der Waals surface area (Å²) >= 11 is 0. The SMILES string of the molecule is CC(C)(C)c1ccc(CCC(=O)NCC2CCOCC2)cc1. The molecule has 0 aliphatic carbocycles. The van der Waals surface area contributed by atoms with Gasteiger partial charge in [0.15, 0.2) is 0 Å². The van der Waals surface area contributed by atoms with Crippen molar-refractivity contribution < 1.29 is 9.53 Å². The third-order valence-corrected chi connectivity index (χ3v) is 4.39. The number of benzene rings is 1. The number of hydrogen-bond donors (Lipinski definition) is 1. The van der Waals surface area contributed by atoms with Crippen LogP contribution in [0.15, 0.2) is 24.3 Å². The number of amides is 1. The first-order valence-electron chi connectivity index (χ1n) is 8.39. The predicted octanol–water partition coefficient (Wildman–Crippen LogP) is 3.46. The van der Waals surface area contributed by atoms with Gasteiger partial charge in [0, 0.05) is 26.2 Å². The van der Waals surface area contributed by atoms with Crippen molar-refractivity contribution in [3.05, 3.63) is 35.4 Å². The average Bonchev–Trinajstić information content (AvgIpc) is 2.51. The van der Waals surface area contributed by atoms with Gasteiger partial charge in [-0.1, -0.05) is 45.0 Å². The summed E-state index contributed by atoms with van der Waals surface area (Å²) in [6, 6.07) is 8.64. The quantitative estimate of drug-likeness (QED) is 0.904. The second-order valence-corrected chi connectivity index (χ2v) is 7.31. The Kier molecular flexibility index (Phi) is 6.01. The second kappa shape index (κ2) is 7.77.